The first-order chi connectivity index (χ1) is 12.0. The smallest absolute Gasteiger partial charge is 0.249 e. The Balaban J connectivity index is 1.62. The van der Waals surface area contributed by atoms with Crippen molar-refractivity contribution < 1.29 is 14.0 Å². The standard InChI is InChI=1S/C17H20FN5O2/c1-12-9-13(18)4-5-15(12)23-7-2-3-14(17(23)25)21-16(24)6-8-22-11-19-10-20-22/h4-5,9-11,14H,2-3,6-8H2,1H3,(H,21,24). The summed E-state index contributed by atoms with van der Waals surface area (Å²) in [6, 6.07) is 3.80. The number of piperidine rings is 1. The van der Waals surface area contributed by atoms with Gasteiger partial charge in [-0.05, 0) is 43.5 Å². The molecule has 2 aromatic rings. The molecule has 1 aliphatic rings. The number of hydrogen-bond acceptors (Lipinski definition) is 4. The molecule has 7 nitrogen and oxygen atoms in total. The Morgan fingerprint density at radius 1 is 1.44 bits per heavy atom. The molecule has 1 aliphatic heterocycles. The van der Waals surface area contributed by atoms with Crippen LogP contribution in [0.5, 0.6) is 0 Å². The number of aryl methyl sites for hydroxylation is 2. The van der Waals surface area contributed by atoms with E-state index in [9.17, 15) is 14.0 Å². The summed E-state index contributed by atoms with van der Waals surface area (Å²) in [4.78, 5) is 30.3. The largest absolute Gasteiger partial charge is 0.344 e. The highest BCUT2D eigenvalue weighted by Crippen LogP contribution is 2.25. The zero-order valence-corrected chi connectivity index (χ0v) is 14.0. The molecule has 1 aromatic carbocycles. The van der Waals surface area contributed by atoms with E-state index < -0.39 is 6.04 Å². The number of amides is 2. The lowest BCUT2D eigenvalue weighted by Gasteiger charge is -2.33. The molecule has 1 aromatic heterocycles. The lowest BCUT2D eigenvalue weighted by atomic mass is 10.0. The number of anilines is 1. The molecule has 1 N–H and O–H groups in total. The van der Waals surface area contributed by atoms with Crippen molar-refractivity contribution in [2.45, 2.75) is 38.8 Å². The molecule has 1 saturated heterocycles. The monoisotopic (exact) mass is 345 g/mol. The molecule has 0 radical (unpaired) electrons. The molecule has 2 heterocycles. The number of halogens is 1. The first-order valence-corrected chi connectivity index (χ1v) is 8.24. The third-order valence-electron chi connectivity index (χ3n) is 4.26. The average molecular weight is 345 g/mol. The summed E-state index contributed by atoms with van der Waals surface area (Å²) in [5, 5.41) is 6.73. The van der Waals surface area contributed by atoms with E-state index in [1.807, 2.05) is 0 Å². The van der Waals surface area contributed by atoms with Gasteiger partial charge in [0.1, 0.15) is 24.5 Å². The summed E-state index contributed by atoms with van der Waals surface area (Å²) in [5.74, 6) is -0.690. The van der Waals surface area contributed by atoms with E-state index in [1.54, 1.807) is 22.6 Å². The number of rotatable bonds is 5. The molecule has 8 heteroatoms. The van der Waals surface area contributed by atoms with Gasteiger partial charge in [0.15, 0.2) is 0 Å². The van der Waals surface area contributed by atoms with E-state index in [-0.39, 0.29) is 24.1 Å². The molecule has 1 fully saturated rings. The first-order valence-electron chi connectivity index (χ1n) is 8.24. The Hall–Kier alpha value is -2.77. The quantitative estimate of drug-likeness (QED) is 0.889. The lowest BCUT2D eigenvalue weighted by Crippen LogP contribution is -2.52. The van der Waals surface area contributed by atoms with Crippen molar-refractivity contribution in [3.05, 3.63) is 42.2 Å². The molecule has 1 unspecified atom stereocenters. The topological polar surface area (TPSA) is 80.1 Å². The van der Waals surface area contributed by atoms with Crippen LogP contribution in [0.3, 0.4) is 0 Å². The van der Waals surface area contributed by atoms with Crippen LogP contribution in [0, 0.1) is 12.7 Å². The molecule has 2 amide bonds. The third kappa shape index (κ3) is 4.01. The molecule has 1 atom stereocenters. The van der Waals surface area contributed by atoms with Crippen LogP contribution in [-0.4, -0.2) is 39.2 Å². The zero-order chi connectivity index (χ0) is 17.8. The van der Waals surface area contributed by atoms with Gasteiger partial charge < -0.3 is 10.2 Å². The van der Waals surface area contributed by atoms with E-state index in [2.05, 4.69) is 15.4 Å². The van der Waals surface area contributed by atoms with Gasteiger partial charge in [-0.25, -0.2) is 9.37 Å². The van der Waals surface area contributed by atoms with E-state index in [0.29, 0.717) is 30.8 Å². The predicted octanol–water partition coefficient (Wildman–Crippen LogP) is 1.43. The van der Waals surface area contributed by atoms with E-state index in [4.69, 9.17) is 0 Å². The number of benzene rings is 1. The van der Waals surface area contributed by atoms with Crippen molar-refractivity contribution in [3.63, 3.8) is 0 Å². The van der Waals surface area contributed by atoms with Crippen LogP contribution in [-0.2, 0) is 16.1 Å². The molecular formula is C17H20FN5O2. The number of carbonyl (C=O) groups excluding carboxylic acids is 2. The fraction of sp³-hybridized carbons (Fsp3) is 0.412. The maximum absolute atomic E-state index is 13.3. The molecule has 0 spiro atoms. The molecule has 25 heavy (non-hydrogen) atoms. The molecule has 132 valence electrons. The van der Waals surface area contributed by atoms with Gasteiger partial charge in [-0.2, -0.15) is 5.10 Å². The molecule has 0 saturated carbocycles. The maximum atomic E-state index is 13.3. The van der Waals surface area contributed by atoms with Crippen molar-refractivity contribution in [1.29, 1.82) is 0 Å². The van der Waals surface area contributed by atoms with E-state index in [1.165, 1.54) is 24.8 Å². The number of nitrogens with one attached hydrogen (secondary N) is 1. The zero-order valence-electron chi connectivity index (χ0n) is 14.0. The number of carbonyl (C=O) groups is 2. The van der Waals surface area contributed by atoms with Crippen molar-refractivity contribution in [3.8, 4) is 0 Å². The van der Waals surface area contributed by atoms with Crippen LogP contribution in [0.1, 0.15) is 24.8 Å². The Bertz CT molecular complexity index is 762. The second kappa shape index (κ2) is 7.42. The van der Waals surface area contributed by atoms with Crippen LogP contribution in [0.2, 0.25) is 0 Å². The van der Waals surface area contributed by atoms with Gasteiger partial charge in [-0.1, -0.05) is 0 Å². The van der Waals surface area contributed by atoms with Gasteiger partial charge in [-0.15, -0.1) is 0 Å². The summed E-state index contributed by atoms with van der Waals surface area (Å²) >= 11 is 0. The van der Waals surface area contributed by atoms with Crippen molar-refractivity contribution in [2.24, 2.45) is 0 Å². The summed E-state index contributed by atoms with van der Waals surface area (Å²) in [6.45, 7) is 2.75. The minimum atomic E-state index is -0.554. The van der Waals surface area contributed by atoms with Crippen LogP contribution in [0.15, 0.2) is 30.9 Å². The fourth-order valence-corrected chi connectivity index (χ4v) is 3.00. The highest BCUT2D eigenvalue weighted by Gasteiger charge is 2.31. The first kappa shape index (κ1) is 17.1. The van der Waals surface area contributed by atoms with Crippen LogP contribution >= 0.6 is 0 Å². The Morgan fingerprint density at radius 2 is 2.28 bits per heavy atom. The van der Waals surface area contributed by atoms with Crippen molar-refractivity contribution >= 4 is 17.5 Å². The van der Waals surface area contributed by atoms with Gasteiger partial charge in [0.05, 0.1) is 6.54 Å². The fourth-order valence-electron chi connectivity index (χ4n) is 3.00. The summed E-state index contributed by atoms with van der Waals surface area (Å²) in [7, 11) is 0. The van der Waals surface area contributed by atoms with Gasteiger partial charge in [0, 0.05) is 18.7 Å². The SMILES string of the molecule is Cc1cc(F)ccc1N1CCCC(NC(=O)CCn2cncn2)C1=O. The second-order valence-corrected chi connectivity index (χ2v) is 6.09. The number of hydrogen-bond donors (Lipinski definition) is 1. The second-order valence-electron chi connectivity index (χ2n) is 6.09. The average Bonchev–Trinajstić information content (AvgIpc) is 3.09. The van der Waals surface area contributed by atoms with E-state index in [0.717, 1.165) is 6.42 Å². The minimum absolute atomic E-state index is 0.157. The van der Waals surface area contributed by atoms with Crippen molar-refractivity contribution in [2.75, 3.05) is 11.4 Å². The van der Waals surface area contributed by atoms with Crippen LogP contribution in [0.25, 0.3) is 0 Å². The van der Waals surface area contributed by atoms with Gasteiger partial charge in [0.2, 0.25) is 11.8 Å². The molecule has 0 bridgehead atoms. The van der Waals surface area contributed by atoms with Gasteiger partial charge >= 0.3 is 0 Å². The predicted molar refractivity (Wildman–Crippen MR) is 89.3 cm³/mol. The third-order valence-corrected chi connectivity index (χ3v) is 4.26. The highest BCUT2D eigenvalue weighted by atomic mass is 19.1. The van der Waals surface area contributed by atoms with Crippen LogP contribution < -0.4 is 10.2 Å². The normalized spacial score (nSPS) is 17.6. The molecule has 0 aliphatic carbocycles. The van der Waals surface area contributed by atoms with Gasteiger partial charge in [-0.3, -0.25) is 14.3 Å². The number of aromatic nitrogens is 3. The molecular weight excluding hydrogens is 325 g/mol. The van der Waals surface area contributed by atoms with Crippen molar-refractivity contribution in [1.82, 2.24) is 20.1 Å². The summed E-state index contributed by atoms with van der Waals surface area (Å²) in [6.07, 6.45) is 4.55. The van der Waals surface area contributed by atoms with E-state index >= 15 is 0 Å². The Labute approximate surface area is 144 Å². The van der Waals surface area contributed by atoms with Crippen LogP contribution in [0.4, 0.5) is 10.1 Å². The summed E-state index contributed by atoms with van der Waals surface area (Å²) in [5.41, 5.74) is 1.39. The lowest BCUT2D eigenvalue weighted by molar-refractivity contribution is -0.128. The Kier molecular flexibility index (Phi) is 5.06. The number of nitrogens with zero attached hydrogens (tertiary/aromatic N) is 4. The summed E-state index contributed by atoms with van der Waals surface area (Å²) < 4.78 is 14.9. The molecule has 3 rings (SSSR count). The van der Waals surface area contributed by atoms with Gasteiger partial charge in [0.25, 0.3) is 0 Å². The highest BCUT2D eigenvalue weighted by molar-refractivity contribution is 6.00. The minimum Gasteiger partial charge on any atom is -0.344 e. The Morgan fingerprint density at radius 3 is 3.00 bits per heavy atom. The maximum Gasteiger partial charge on any atom is 0.249 e.